The number of fused-ring (bicyclic) bond motifs is 1. The number of amides is 1. The van der Waals surface area contributed by atoms with Crippen LogP contribution >= 0.6 is 0 Å². The minimum Gasteiger partial charge on any atom is -0.493 e. The molecule has 12 nitrogen and oxygen atoms in total. The molecule has 3 atom stereocenters. The number of methoxy groups -OCH3 is 1. The monoisotopic (exact) mass is 682 g/mol. The number of aliphatic hydroxyl groups excluding tert-OH is 1. The first-order valence-corrected chi connectivity index (χ1v) is 17.7. The highest BCUT2D eigenvalue weighted by molar-refractivity contribution is 7.90. The van der Waals surface area contributed by atoms with Crippen LogP contribution in [0.15, 0.2) is 65.6 Å². The van der Waals surface area contributed by atoms with Gasteiger partial charge >= 0.3 is 11.9 Å². The Morgan fingerprint density at radius 3 is 2.33 bits per heavy atom. The molecule has 1 spiro atoms. The molecule has 1 amide bonds. The topological polar surface area (TPSA) is 171 Å². The Labute approximate surface area is 280 Å². The molecule has 13 heteroatoms. The SMILES string of the molecule is COc1ccc2c3c1O[C@H]1C[C@@H](O)C=C[C@@]31CCN(CCCCCCCCN1C(=O)c3ccccc3S1(=O)=O)C2.O=C(O)/C=C/C(=O)O. The molecule has 0 fully saturated rings. The number of sulfonamides is 1. The smallest absolute Gasteiger partial charge is 0.328 e. The van der Waals surface area contributed by atoms with Crippen molar-refractivity contribution in [3.63, 3.8) is 0 Å². The number of carbonyl (C=O) groups is 3. The Hall–Kier alpha value is -4.20. The van der Waals surface area contributed by atoms with Gasteiger partial charge in [0.15, 0.2) is 11.5 Å². The van der Waals surface area contributed by atoms with Gasteiger partial charge in [-0.1, -0.05) is 56.0 Å². The molecule has 4 aliphatic rings. The number of nitrogens with zero attached hydrogens (tertiary/aromatic N) is 2. The van der Waals surface area contributed by atoms with E-state index >= 15 is 0 Å². The summed E-state index contributed by atoms with van der Waals surface area (Å²) in [5.74, 6) is -1.31. The highest BCUT2D eigenvalue weighted by Gasteiger charge is 2.52. The lowest BCUT2D eigenvalue weighted by atomic mass is 9.69. The molecule has 3 heterocycles. The second-order valence-corrected chi connectivity index (χ2v) is 14.3. The van der Waals surface area contributed by atoms with Crippen LogP contribution < -0.4 is 9.47 Å². The zero-order chi connectivity index (χ0) is 34.5. The van der Waals surface area contributed by atoms with Crippen LogP contribution in [-0.2, 0) is 31.6 Å². The van der Waals surface area contributed by atoms with Gasteiger partial charge in [0.1, 0.15) is 11.0 Å². The molecule has 2 aromatic rings. The number of benzene rings is 2. The summed E-state index contributed by atoms with van der Waals surface area (Å²) in [6.07, 6.45) is 12.2. The van der Waals surface area contributed by atoms with E-state index in [2.05, 4.69) is 17.0 Å². The van der Waals surface area contributed by atoms with Crippen molar-refractivity contribution in [1.82, 2.24) is 9.21 Å². The van der Waals surface area contributed by atoms with E-state index < -0.39 is 34.0 Å². The third-order valence-electron chi connectivity index (χ3n) is 9.40. The van der Waals surface area contributed by atoms with Crippen molar-refractivity contribution in [1.29, 1.82) is 0 Å². The maximum Gasteiger partial charge on any atom is 0.328 e. The van der Waals surface area contributed by atoms with Crippen molar-refractivity contribution in [2.45, 2.75) is 80.4 Å². The van der Waals surface area contributed by atoms with Crippen molar-refractivity contribution >= 4 is 27.9 Å². The molecule has 258 valence electrons. The Morgan fingerprint density at radius 1 is 1.00 bits per heavy atom. The van der Waals surface area contributed by atoms with Crippen LogP contribution in [0.5, 0.6) is 11.5 Å². The quantitative estimate of drug-likeness (QED) is 0.167. The molecule has 0 unspecified atom stereocenters. The van der Waals surface area contributed by atoms with E-state index in [-0.39, 0.29) is 28.5 Å². The molecule has 48 heavy (non-hydrogen) atoms. The van der Waals surface area contributed by atoms with Crippen LogP contribution in [0, 0.1) is 0 Å². The van der Waals surface area contributed by atoms with Gasteiger partial charge in [0.25, 0.3) is 15.9 Å². The van der Waals surface area contributed by atoms with Gasteiger partial charge in [0.2, 0.25) is 0 Å². The molecule has 0 bridgehead atoms. The molecular formula is C35H42N2O10S. The van der Waals surface area contributed by atoms with Crippen LogP contribution in [0.2, 0.25) is 0 Å². The predicted octanol–water partition coefficient (Wildman–Crippen LogP) is 4.12. The van der Waals surface area contributed by atoms with Gasteiger partial charge < -0.3 is 24.8 Å². The molecule has 3 N–H and O–H groups in total. The van der Waals surface area contributed by atoms with Crippen LogP contribution in [0.25, 0.3) is 0 Å². The second kappa shape index (κ2) is 14.9. The van der Waals surface area contributed by atoms with Crippen molar-refractivity contribution in [2.24, 2.45) is 0 Å². The van der Waals surface area contributed by atoms with E-state index in [9.17, 15) is 27.9 Å². The maximum atomic E-state index is 12.7. The van der Waals surface area contributed by atoms with E-state index in [0.29, 0.717) is 25.0 Å². The summed E-state index contributed by atoms with van der Waals surface area (Å²) in [6.45, 7) is 3.11. The predicted molar refractivity (Wildman–Crippen MR) is 176 cm³/mol. The maximum absolute atomic E-state index is 12.7. The van der Waals surface area contributed by atoms with Crippen LogP contribution in [0.4, 0.5) is 0 Å². The van der Waals surface area contributed by atoms with Crippen LogP contribution in [0.3, 0.4) is 0 Å². The third-order valence-corrected chi connectivity index (χ3v) is 11.2. The number of aliphatic hydroxyl groups is 1. The number of carboxylic acids is 2. The minimum absolute atomic E-state index is 0.0718. The summed E-state index contributed by atoms with van der Waals surface area (Å²) in [6, 6.07) is 10.6. The molecule has 2 aromatic carbocycles. The Morgan fingerprint density at radius 2 is 1.67 bits per heavy atom. The normalized spacial score (nSPS) is 23.4. The minimum atomic E-state index is -3.70. The highest BCUT2D eigenvalue weighted by Crippen LogP contribution is 2.55. The lowest BCUT2D eigenvalue weighted by Crippen LogP contribution is -2.43. The van der Waals surface area contributed by atoms with Crippen LogP contribution in [-0.4, -0.2) is 89.7 Å². The summed E-state index contributed by atoms with van der Waals surface area (Å²) in [7, 11) is -2.03. The van der Waals surface area contributed by atoms with E-state index in [4.69, 9.17) is 19.7 Å². The molecule has 0 aromatic heterocycles. The summed E-state index contributed by atoms with van der Waals surface area (Å²) < 4.78 is 38.5. The highest BCUT2D eigenvalue weighted by atomic mass is 32.2. The molecular weight excluding hydrogens is 640 g/mol. The second-order valence-electron chi connectivity index (χ2n) is 12.5. The van der Waals surface area contributed by atoms with Crippen molar-refractivity contribution in [2.75, 3.05) is 26.7 Å². The molecule has 3 aliphatic heterocycles. The number of rotatable bonds is 12. The van der Waals surface area contributed by atoms with E-state index in [1.807, 2.05) is 12.1 Å². The first kappa shape index (κ1) is 35.1. The average Bonchev–Trinajstić information content (AvgIpc) is 3.41. The van der Waals surface area contributed by atoms with Gasteiger partial charge in [0.05, 0.1) is 24.2 Å². The number of unbranched alkanes of at least 4 members (excludes halogenated alkanes) is 5. The van der Waals surface area contributed by atoms with Gasteiger partial charge in [-0.05, 0) is 56.1 Å². The number of aliphatic carboxylic acids is 2. The third kappa shape index (κ3) is 7.27. The van der Waals surface area contributed by atoms with Gasteiger partial charge in [-0.25, -0.2) is 22.3 Å². The van der Waals surface area contributed by atoms with E-state index in [1.54, 1.807) is 25.3 Å². The fraction of sp³-hybridized carbons (Fsp3) is 0.457. The molecule has 0 radical (unpaired) electrons. The van der Waals surface area contributed by atoms with Gasteiger partial charge in [0, 0.05) is 37.2 Å². The van der Waals surface area contributed by atoms with Gasteiger partial charge in [-0.15, -0.1) is 0 Å². The van der Waals surface area contributed by atoms with Crippen molar-refractivity contribution in [3.05, 3.63) is 77.4 Å². The number of hydrogen-bond acceptors (Lipinski definition) is 9. The summed E-state index contributed by atoms with van der Waals surface area (Å²) >= 11 is 0. The summed E-state index contributed by atoms with van der Waals surface area (Å²) in [5.41, 5.74) is 2.60. The van der Waals surface area contributed by atoms with Crippen molar-refractivity contribution < 1.29 is 47.6 Å². The molecule has 1 aliphatic carbocycles. The number of ether oxygens (including phenoxy) is 2. The van der Waals surface area contributed by atoms with Gasteiger partial charge in [-0.3, -0.25) is 9.69 Å². The number of hydrogen-bond donors (Lipinski definition) is 3. The zero-order valence-electron chi connectivity index (χ0n) is 26.9. The average molecular weight is 683 g/mol. The standard InChI is InChI=1S/C31H38N2O6S.C4H4O4/c1-38-25-13-12-22-21-32(19-16-31-15-14-23(34)20-27(31)39-29(25)28(22)31)17-8-4-2-3-5-9-18-33-30(35)24-10-6-7-11-26(24)40(33,36)37;5-3(6)1-2-4(7)8/h6-7,10-15,23,27,34H,2-5,8-9,16-21H2,1H3;1-2H,(H,5,6)(H,7,8)/b;2-1+/t23-,27-,31-;/m0./s1. The zero-order valence-corrected chi connectivity index (χ0v) is 27.7. The van der Waals surface area contributed by atoms with Crippen LogP contribution in [0.1, 0.15) is 72.9 Å². The lowest BCUT2D eigenvalue weighted by molar-refractivity contribution is -0.134. The fourth-order valence-electron chi connectivity index (χ4n) is 7.08. The first-order valence-electron chi connectivity index (χ1n) is 16.2. The fourth-order valence-corrected chi connectivity index (χ4v) is 8.69. The number of carbonyl (C=O) groups excluding carboxylic acids is 1. The summed E-state index contributed by atoms with van der Waals surface area (Å²) in [4.78, 5) is 34.3. The Bertz CT molecular complexity index is 1690. The van der Waals surface area contributed by atoms with E-state index in [1.165, 1.54) is 17.2 Å². The molecule has 6 rings (SSSR count). The lowest BCUT2D eigenvalue weighted by Gasteiger charge is -2.35. The number of carboxylic acid groups (broad SMARTS) is 2. The van der Waals surface area contributed by atoms with Gasteiger partial charge in [-0.2, -0.15) is 0 Å². The molecule has 0 saturated heterocycles. The Balaban J connectivity index is 0.000000503. The summed E-state index contributed by atoms with van der Waals surface area (Å²) in [5, 5.41) is 25.9. The molecule has 0 saturated carbocycles. The van der Waals surface area contributed by atoms with Crippen molar-refractivity contribution in [3.8, 4) is 11.5 Å². The van der Waals surface area contributed by atoms with E-state index in [0.717, 1.165) is 74.0 Å². The first-order chi connectivity index (χ1) is 23.0. The Kier molecular flexibility index (Phi) is 10.9. The largest absolute Gasteiger partial charge is 0.493 e.